The molecule has 0 aromatic carbocycles. The number of carbonyl (C=O) groups excluding carboxylic acids is 4. The van der Waals surface area contributed by atoms with Crippen molar-refractivity contribution in [3.63, 3.8) is 0 Å². The van der Waals surface area contributed by atoms with Crippen LogP contribution in [-0.2, 0) is 28.7 Å². The molecule has 0 fully saturated rings. The molecular weight excluding hydrogens is 292 g/mol. The Kier molecular flexibility index (Phi) is 34.4. The molecule has 86 valence electrons. The van der Waals surface area contributed by atoms with Crippen molar-refractivity contribution in [3.8, 4) is 0 Å². The molecule has 0 aliphatic rings. The fraction of sp³-hybridized carbons (Fsp3) is 0.333. The maximum absolute atomic E-state index is 10.5. The number of esters is 2. The molecule has 0 saturated carbocycles. The second kappa shape index (κ2) is 19.2. The Hall–Kier alpha value is 2.20. The summed E-state index contributed by atoms with van der Waals surface area (Å²) in [5, 5.41) is 17.6. The molecule has 8 nitrogen and oxygen atoms in total. The van der Waals surface area contributed by atoms with Gasteiger partial charge in [0.1, 0.15) is 0 Å². The van der Waals surface area contributed by atoms with Gasteiger partial charge in [-0.3, -0.25) is 9.59 Å². The van der Waals surface area contributed by atoms with Gasteiger partial charge < -0.3 is 25.4 Å². The molecule has 0 saturated heterocycles. The van der Waals surface area contributed by atoms with E-state index in [9.17, 15) is 19.2 Å². The van der Waals surface area contributed by atoms with E-state index in [-0.39, 0.29) is 137 Å². The average Bonchev–Trinajstić information content (AvgIpc) is 2.16. The minimum atomic E-state index is -2.28. The van der Waals surface area contributed by atoms with Crippen LogP contribution in [0.5, 0.6) is 0 Å². The van der Waals surface area contributed by atoms with E-state index in [2.05, 4.69) is 9.47 Å². The Morgan fingerprint density at radius 3 is 1.22 bits per heavy atom. The SMILES string of the molecule is O=COC(=O)C(O)C(O)C(=O)OC=O.[H-].[H-].[H-].[H-].[Na+].[Na+].[Na+].[Na+]. The summed E-state index contributed by atoms with van der Waals surface area (Å²) >= 11 is 0. The largest absolute Gasteiger partial charge is 1.00 e. The first-order valence-electron chi connectivity index (χ1n) is 3.19. The predicted molar refractivity (Wildman–Crippen MR) is 40.8 cm³/mol. The van der Waals surface area contributed by atoms with Crippen LogP contribution in [0.2, 0.25) is 0 Å². The van der Waals surface area contributed by atoms with Gasteiger partial charge >= 0.3 is 143 Å². The molecule has 18 heavy (non-hydrogen) atoms. The summed E-state index contributed by atoms with van der Waals surface area (Å²) in [6.45, 7) is -0.577. The Balaban J connectivity index is -0.0000000302. The van der Waals surface area contributed by atoms with Gasteiger partial charge in [-0.25, -0.2) is 9.59 Å². The minimum Gasteiger partial charge on any atom is -1.00 e. The van der Waals surface area contributed by atoms with Gasteiger partial charge in [-0.15, -0.1) is 0 Å². The van der Waals surface area contributed by atoms with Crippen molar-refractivity contribution in [2.24, 2.45) is 0 Å². The zero-order valence-corrected chi connectivity index (χ0v) is 18.7. The molecule has 0 heterocycles. The first kappa shape index (κ1) is 32.2. The monoisotopic (exact) mass is 302 g/mol. The van der Waals surface area contributed by atoms with E-state index >= 15 is 0 Å². The van der Waals surface area contributed by atoms with Gasteiger partial charge in [0.15, 0.2) is 12.2 Å². The summed E-state index contributed by atoms with van der Waals surface area (Å²) in [4.78, 5) is 40.3. The fourth-order valence-corrected chi connectivity index (χ4v) is 0.492. The van der Waals surface area contributed by atoms with E-state index in [1.54, 1.807) is 0 Å². The van der Waals surface area contributed by atoms with Gasteiger partial charge in [-0.05, 0) is 0 Å². The molecule has 0 rings (SSSR count). The Labute approximate surface area is 197 Å². The van der Waals surface area contributed by atoms with Crippen LogP contribution in [0.1, 0.15) is 5.71 Å². The van der Waals surface area contributed by atoms with Crippen LogP contribution in [0, 0.1) is 0 Å². The van der Waals surface area contributed by atoms with Gasteiger partial charge in [0.05, 0.1) is 0 Å². The van der Waals surface area contributed by atoms with Crippen molar-refractivity contribution in [1.82, 2.24) is 0 Å². The van der Waals surface area contributed by atoms with Crippen LogP contribution in [0.15, 0.2) is 0 Å². The van der Waals surface area contributed by atoms with Crippen molar-refractivity contribution >= 4 is 24.9 Å². The van der Waals surface area contributed by atoms with Crippen molar-refractivity contribution in [3.05, 3.63) is 0 Å². The van der Waals surface area contributed by atoms with Gasteiger partial charge in [0.2, 0.25) is 0 Å². The summed E-state index contributed by atoms with van der Waals surface area (Å²) in [5.41, 5.74) is 0. The molecule has 0 spiro atoms. The molecule has 12 heteroatoms. The number of aliphatic hydroxyl groups is 2. The summed E-state index contributed by atoms with van der Waals surface area (Å²) < 4.78 is 7.25. The van der Waals surface area contributed by atoms with Crippen LogP contribution >= 0.6 is 0 Å². The smallest absolute Gasteiger partial charge is 1.00 e. The molecule has 2 atom stereocenters. The first-order chi connectivity index (χ1) is 6.54. The summed E-state index contributed by atoms with van der Waals surface area (Å²) in [6.07, 6.45) is -4.57. The summed E-state index contributed by atoms with van der Waals surface area (Å²) in [6, 6.07) is 0. The number of hydrogen-bond donors (Lipinski definition) is 2. The molecule has 2 unspecified atom stereocenters. The van der Waals surface area contributed by atoms with E-state index in [4.69, 9.17) is 10.2 Å². The van der Waals surface area contributed by atoms with Gasteiger partial charge in [0.25, 0.3) is 0 Å². The molecule has 0 bridgehead atoms. The van der Waals surface area contributed by atoms with Crippen LogP contribution in [0.3, 0.4) is 0 Å². The number of rotatable bonds is 5. The van der Waals surface area contributed by atoms with Crippen molar-refractivity contribution in [1.29, 1.82) is 0 Å². The normalized spacial score (nSPS) is 10.6. The molecule has 2 N–H and O–H groups in total. The van der Waals surface area contributed by atoms with E-state index in [0.717, 1.165) is 0 Å². The van der Waals surface area contributed by atoms with E-state index in [1.807, 2.05) is 0 Å². The standard InChI is InChI=1S/C6H6O8.4Na.4H/c7-1-13-5(11)3(9)4(10)6(12)14-2-8;;;;;;;;/h1-4,9-10H;;;;;;;;/q;4*+1;4*-1. The minimum absolute atomic E-state index is 0. The second-order valence-corrected chi connectivity index (χ2v) is 1.96. The molecule has 0 radical (unpaired) electrons. The molecule has 0 aliphatic heterocycles. The quantitative estimate of drug-likeness (QED) is 0.222. The zero-order chi connectivity index (χ0) is 11.1. The molecule has 0 aliphatic carbocycles. The molecule has 0 aromatic heterocycles. The van der Waals surface area contributed by atoms with Crippen molar-refractivity contribution < 1.29 is 163 Å². The third-order valence-corrected chi connectivity index (χ3v) is 1.11. The third-order valence-electron chi connectivity index (χ3n) is 1.11. The van der Waals surface area contributed by atoms with Gasteiger partial charge in [0, 0.05) is 0 Å². The first-order valence-corrected chi connectivity index (χ1v) is 3.19. The Bertz CT molecular complexity index is 249. The average molecular weight is 302 g/mol. The maximum Gasteiger partial charge on any atom is 1.00 e. The van der Waals surface area contributed by atoms with Crippen LogP contribution in [0.4, 0.5) is 0 Å². The summed E-state index contributed by atoms with van der Waals surface area (Å²) in [7, 11) is 0. The van der Waals surface area contributed by atoms with Crippen LogP contribution in [-0.4, -0.2) is 47.3 Å². The fourth-order valence-electron chi connectivity index (χ4n) is 0.492. The third kappa shape index (κ3) is 13.2. The number of carbonyl (C=O) groups is 4. The van der Waals surface area contributed by atoms with E-state index in [0.29, 0.717) is 0 Å². The van der Waals surface area contributed by atoms with Crippen LogP contribution < -0.4 is 118 Å². The van der Waals surface area contributed by atoms with Gasteiger partial charge in [-0.1, -0.05) is 0 Å². The molecular formula is C6H10Na4O8. The summed E-state index contributed by atoms with van der Waals surface area (Å²) in [5.74, 6) is -3.06. The predicted octanol–water partition coefficient (Wildman–Crippen LogP) is -14.4. The Morgan fingerprint density at radius 1 is 0.833 bits per heavy atom. The van der Waals surface area contributed by atoms with Gasteiger partial charge in [-0.2, -0.15) is 0 Å². The number of hydrogen-bond acceptors (Lipinski definition) is 8. The Morgan fingerprint density at radius 2 is 1.06 bits per heavy atom. The zero-order valence-electron chi connectivity index (χ0n) is 14.7. The molecule has 0 aromatic rings. The molecule has 0 amide bonds. The number of ether oxygens (including phenoxy) is 2. The van der Waals surface area contributed by atoms with E-state index < -0.39 is 24.1 Å². The van der Waals surface area contributed by atoms with E-state index in [1.165, 1.54) is 0 Å². The van der Waals surface area contributed by atoms with Crippen molar-refractivity contribution in [2.75, 3.05) is 0 Å². The topological polar surface area (TPSA) is 127 Å². The van der Waals surface area contributed by atoms with Crippen LogP contribution in [0.25, 0.3) is 0 Å². The number of aliphatic hydroxyl groups excluding tert-OH is 2. The maximum atomic E-state index is 10.5. The second-order valence-electron chi connectivity index (χ2n) is 1.96. The van der Waals surface area contributed by atoms with Crippen molar-refractivity contribution in [2.45, 2.75) is 12.2 Å².